The van der Waals surface area contributed by atoms with Crippen LogP contribution in [0.25, 0.3) is 11.0 Å². The fourth-order valence-electron chi connectivity index (χ4n) is 2.82. The Hall–Kier alpha value is -1.72. The number of carbonyl (C=O) groups is 1. The highest BCUT2D eigenvalue weighted by Crippen LogP contribution is 2.18. The number of Topliss-reactive ketones (excluding diaryl/α,β-unsaturated/α-hetero) is 1. The van der Waals surface area contributed by atoms with E-state index in [2.05, 4.69) is 21.4 Å². The quantitative estimate of drug-likeness (QED) is 0.802. The fraction of sp³-hybridized carbons (Fsp3) is 0.500. The van der Waals surface area contributed by atoms with Gasteiger partial charge in [-0.15, -0.1) is 0 Å². The van der Waals surface area contributed by atoms with Crippen LogP contribution in [0.4, 0.5) is 0 Å². The molecule has 0 aliphatic carbocycles. The first-order valence-electron chi connectivity index (χ1n) is 7.42. The second kappa shape index (κ2) is 5.58. The predicted molar refractivity (Wildman–Crippen MR) is 83.5 cm³/mol. The van der Waals surface area contributed by atoms with Crippen molar-refractivity contribution >= 4 is 16.8 Å². The van der Waals surface area contributed by atoms with Crippen molar-refractivity contribution in [3.8, 4) is 0 Å². The van der Waals surface area contributed by atoms with Crippen LogP contribution >= 0.6 is 0 Å². The van der Waals surface area contributed by atoms with Gasteiger partial charge in [-0.05, 0) is 32.2 Å². The molecule has 1 aromatic heterocycles. The lowest BCUT2D eigenvalue weighted by atomic mass is 10.1. The van der Waals surface area contributed by atoms with Crippen LogP contribution in [0.15, 0.2) is 18.2 Å². The lowest BCUT2D eigenvalue weighted by Crippen LogP contribution is -2.44. The molecule has 21 heavy (non-hydrogen) atoms. The first-order chi connectivity index (χ1) is 10.0. The Kier molecular flexibility index (Phi) is 3.78. The van der Waals surface area contributed by atoms with Crippen LogP contribution in [0.5, 0.6) is 0 Å². The minimum absolute atomic E-state index is 0.0863. The van der Waals surface area contributed by atoms with Crippen LogP contribution in [0.2, 0.25) is 0 Å². The summed E-state index contributed by atoms with van der Waals surface area (Å²) in [7, 11) is 4.21. The third kappa shape index (κ3) is 2.84. The predicted octanol–water partition coefficient (Wildman–Crippen LogP) is 1.52. The summed E-state index contributed by atoms with van der Waals surface area (Å²) in [6, 6.07) is 5.77. The van der Waals surface area contributed by atoms with Crippen molar-refractivity contribution in [2.45, 2.75) is 13.5 Å². The summed E-state index contributed by atoms with van der Waals surface area (Å²) in [6.07, 6.45) is 0. The fourth-order valence-corrected chi connectivity index (χ4v) is 2.82. The van der Waals surface area contributed by atoms with E-state index in [-0.39, 0.29) is 5.78 Å². The maximum Gasteiger partial charge on any atom is 0.159 e. The Balaban J connectivity index is 1.85. The SMILES string of the molecule is CC(=O)c1ccc2c(c1)nc(CN1CCN(C)CC1)n2C. The van der Waals surface area contributed by atoms with Gasteiger partial charge in [-0.2, -0.15) is 0 Å². The summed E-state index contributed by atoms with van der Waals surface area (Å²) in [5, 5.41) is 0. The topological polar surface area (TPSA) is 41.4 Å². The molecular weight excluding hydrogens is 264 g/mol. The van der Waals surface area contributed by atoms with Crippen LogP contribution in [0, 0.1) is 0 Å². The Morgan fingerprint density at radius 1 is 1.19 bits per heavy atom. The molecule has 5 nitrogen and oxygen atoms in total. The highest BCUT2D eigenvalue weighted by atomic mass is 16.1. The summed E-state index contributed by atoms with van der Waals surface area (Å²) >= 11 is 0. The average molecular weight is 286 g/mol. The zero-order chi connectivity index (χ0) is 15.0. The number of aromatic nitrogens is 2. The highest BCUT2D eigenvalue weighted by molar-refractivity contribution is 5.97. The molecule has 2 heterocycles. The number of nitrogens with zero attached hydrogens (tertiary/aromatic N) is 4. The van der Waals surface area contributed by atoms with Gasteiger partial charge >= 0.3 is 0 Å². The van der Waals surface area contributed by atoms with Crippen molar-refractivity contribution in [2.75, 3.05) is 33.2 Å². The Labute approximate surface area is 125 Å². The molecule has 112 valence electrons. The van der Waals surface area contributed by atoms with Crippen LogP contribution < -0.4 is 0 Å². The summed E-state index contributed by atoms with van der Waals surface area (Å²) in [5.41, 5.74) is 2.73. The van der Waals surface area contributed by atoms with Gasteiger partial charge < -0.3 is 9.47 Å². The summed E-state index contributed by atoms with van der Waals surface area (Å²) in [5.74, 6) is 1.15. The minimum atomic E-state index is 0.0863. The number of likely N-dealkylation sites (N-methyl/N-ethyl adjacent to an activating group) is 1. The van der Waals surface area contributed by atoms with E-state index in [0.717, 1.165) is 55.1 Å². The largest absolute Gasteiger partial charge is 0.330 e. The van der Waals surface area contributed by atoms with Crippen molar-refractivity contribution in [2.24, 2.45) is 7.05 Å². The van der Waals surface area contributed by atoms with E-state index < -0.39 is 0 Å². The molecule has 1 aliphatic rings. The van der Waals surface area contributed by atoms with Crippen LogP contribution in [-0.4, -0.2) is 58.4 Å². The van der Waals surface area contributed by atoms with Crippen molar-refractivity contribution in [3.63, 3.8) is 0 Å². The van der Waals surface area contributed by atoms with E-state index in [9.17, 15) is 4.79 Å². The molecule has 2 aromatic rings. The Morgan fingerprint density at radius 3 is 2.57 bits per heavy atom. The van der Waals surface area contributed by atoms with Gasteiger partial charge in [0.15, 0.2) is 5.78 Å². The molecule has 5 heteroatoms. The molecular formula is C16H22N4O. The number of aryl methyl sites for hydroxylation is 1. The molecule has 0 N–H and O–H groups in total. The molecule has 0 bridgehead atoms. The number of benzene rings is 1. The molecule has 1 aromatic carbocycles. The van der Waals surface area contributed by atoms with Crippen LogP contribution in [0.1, 0.15) is 23.1 Å². The summed E-state index contributed by atoms with van der Waals surface area (Å²) < 4.78 is 2.14. The molecule has 1 saturated heterocycles. The molecule has 1 fully saturated rings. The van der Waals surface area contributed by atoms with Gasteiger partial charge in [0.25, 0.3) is 0 Å². The molecule has 0 radical (unpaired) electrons. The van der Waals surface area contributed by atoms with Crippen molar-refractivity contribution in [1.82, 2.24) is 19.4 Å². The van der Waals surface area contributed by atoms with Gasteiger partial charge in [-0.3, -0.25) is 9.69 Å². The lowest BCUT2D eigenvalue weighted by Gasteiger charge is -2.31. The number of hydrogen-bond donors (Lipinski definition) is 0. The molecule has 0 atom stereocenters. The van der Waals surface area contributed by atoms with Gasteiger partial charge in [0.1, 0.15) is 5.82 Å². The van der Waals surface area contributed by atoms with E-state index in [1.165, 1.54) is 0 Å². The van der Waals surface area contributed by atoms with Crippen LogP contribution in [0.3, 0.4) is 0 Å². The second-order valence-corrected chi connectivity index (χ2v) is 5.93. The van der Waals surface area contributed by atoms with E-state index in [4.69, 9.17) is 4.98 Å². The van der Waals surface area contributed by atoms with Gasteiger partial charge in [0.05, 0.1) is 17.6 Å². The second-order valence-electron chi connectivity index (χ2n) is 5.93. The Bertz CT molecular complexity index is 668. The van der Waals surface area contributed by atoms with E-state index >= 15 is 0 Å². The number of hydrogen-bond acceptors (Lipinski definition) is 4. The molecule has 0 spiro atoms. The lowest BCUT2D eigenvalue weighted by molar-refractivity contribution is 0.101. The third-order valence-electron chi connectivity index (χ3n) is 4.34. The summed E-state index contributed by atoms with van der Waals surface area (Å²) in [4.78, 5) is 21.0. The molecule has 0 unspecified atom stereocenters. The third-order valence-corrected chi connectivity index (χ3v) is 4.34. The normalized spacial score (nSPS) is 17.5. The number of piperazine rings is 1. The smallest absolute Gasteiger partial charge is 0.159 e. The number of carbonyl (C=O) groups excluding carboxylic acids is 1. The van der Waals surface area contributed by atoms with E-state index in [0.29, 0.717) is 0 Å². The highest BCUT2D eigenvalue weighted by Gasteiger charge is 2.17. The van der Waals surface area contributed by atoms with Gasteiger partial charge in [-0.1, -0.05) is 0 Å². The van der Waals surface area contributed by atoms with Crippen molar-refractivity contribution in [1.29, 1.82) is 0 Å². The maximum absolute atomic E-state index is 11.5. The van der Waals surface area contributed by atoms with Gasteiger partial charge in [-0.25, -0.2) is 4.98 Å². The van der Waals surface area contributed by atoms with E-state index in [1.54, 1.807) is 6.92 Å². The standard InChI is InChI=1S/C16H22N4O/c1-12(21)13-4-5-15-14(10-13)17-16(19(15)3)11-20-8-6-18(2)7-9-20/h4-5,10H,6-9,11H2,1-3H3. The first kappa shape index (κ1) is 14.2. The zero-order valence-corrected chi connectivity index (χ0v) is 13.0. The van der Waals surface area contributed by atoms with Gasteiger partial charge in [0.2, 0.25) is 0 Å². The molecule has 3 rings (SSSR count). The van der Waals surface area contributed by atoms with Crippen molar-refractivity contribution < 1.29 is 4.79 Å². The molecule has 0 amide bonds. The van der Waals surface area contributed by atoms with Crippen LogP contribution in [-0.2, 0) is 13.6 Å². The monoisotopic (exact) mass is 286 g/mol. The number of fused-ring (bicyclic) bond motifs is 1. The van der Waals surface area contributed by atoms with E-state index in [1.807, 2.05) is 25.2 Å². The zero-order valence-electron chi connectivity index (χ0n) is 13.0. The molecule has 0 saturated carbocycles. The van der Waals surface area contributed by atoms with Gasteiger partial charge in [0, 0.05) is 38.8 Å². The number of ketones is 1. The Morgan fingerprint density at radius 2 is 1.90 bits per heavy atom. The first-order valence-corrected chi connectivity index (χ1v) is 7.42. The van der Waals surface area contributed by atoms with Crippen molar-refractivity contribution in [3.05, 3.63) is 29.6 Å². The number of imidazole rings is 1. The minimum Gasteiger partial charge on any atom is -0.330 e. The number of rotatable bonds is 3. The summed E-state index contributed by atoms with van der Waals surface area (Å²) in [6.45, 7) is 6.84. The maximum atomic E-state index is 11.5. The average Bonchev–Trinajstić information content (AvgIpc) is 2.77. The molecule has 1 aliphatic heterocycles.